The van der Waals surface area contributed by atoms with E-state index in [-0.39, 0.29) is 6.04 Å². The number of rotatable bonds is 7. The standard InChI is InChI=1S/C13H23N3O/c1-5-10(6-2)13(14-7-3)11-8-9-12(17-4)16-15-11/h8-10,13-14H,5-7H2,1-4H3. The molecule has 1 aromatic rings. The van der Waals surface area contributed by atoms with Crippen molar-refractivity contribution in [2.75, 3.05) is 13.7 Å². The molecule has 96 valence electrons. The molecule has 0 amide bonds. The molecule has 0 saturated carbocycles. The molecule has 0 saturated heterocycles. The van der Waals surface area contributed by atoms with Crippen molar-refractivity contribution in [2.45, 2.75) is 39.7 Å². The van der Waals surface area contributed by atoms with Crippen LogP contribution in [-0.4, -0.2) is 23.9 Å². The molecule has 1 rings (SSSR count). The molecule has 1 aromatic heterocycles. The van der Waals surface area contributed by atoms with Crippen LogP contribution in [0.15, 0.2) is 12.1 Å². The Balaban J connectivity index is 2.87. The van der Waals surface area contributed by atoms with E-state index < -0.39 is 0 Å². The molecule has 0 bridgehead atoms. The van der Waals surface area contributed by atoms with Gasteiger partial charge in [-0.25, -0.2) is 0 Å². The smallest absolute Gasteiger partial charge is 0.233 e. The molecule has 4 heteroatoms. The topological polar surface area (TPSA) is 47.0 Å². The Morgan fingerprint density at radius 3 is 2.29 bits per heavy atom. The van der Waals surface area contributed by atoms with E-state index >= 15 is 0 Å². The van der Waals surface area contributed by atoms with Gasteiger partial charge in [-0.15, -0.1) is 5.10 Å². The van der Waals surface area contributed by atoms with Gasteiger partial charge in [0.1, 0.15) is 0 Å². The summed E-state index contributed by atoms with van der Waals surface area (Å²) in [5.41, 5.74) is 1.00. The first kappa shape index (κ1) is 13.9. The molecule has 0 aliphatic rings. The lowest BCUT2D eigenvalue weighted by molar-refractivity contribution is 0.334. The molecule has 1 atom stereocenters. The highest BCUT2D eigenvalue weighted by Gasteiger charge is 2.21. The Kier molecular flexibility index (Phi) is 5.91. The number of ether oxygens (including phenoxy) is 1. The van der Waals surface area contributed by atoms with Crippen molar-refractivity contribution in [1.82, 2.24) is 15.5 Å². The average Bonchev–Trinajstić information content (AvgIpc) is 2.39. The molecule has 1 unspecified atom stereocenters. The molecule has 1 N–H and O–H groups in total. The highest BCUT2D eigenvalue weighted by atomic mass is 16.5. The van der Waals surface area contributed by atoms with Gasteiger partial charge in [0.15, 0.2) is 0 Å². The van der Waals surface area contributed by atoms with E-state index in [1.54, 1.807) is 7.11 Å². The van der Waals surface area contributed by atoms with Crippen LogP contribution >= 0.6 is 0 Å². The van der Waals surface area contributed by atoms with Crippen LogP contribution in [0.5, 0.6) is 5.88 Å². The Labute approximate surface area is 104 Å². The van der Waals surface area contributed by atoms with Gasteiger partial charge < -0.3 is 10.1 Å². The Morgan fingerprint density at radius 2 is 1.88 bits per heavy atom. The van der Waals surface area contributed by atoms with Crippen molar-refractivity contribution in [3.8, 4) is 5.88 Å². The van der Waals surface area contributed by atoms with Crippen LogP contribution in [0.3, 0.4) is 0 Å². The van der Waals surface area contributed by atoms with Gasteiger partial charge in [-0.05, 0) is 18.5 Å². The van der Waals surface area contributed by atoms with Crippen molar-refractivity contribution in [2.24, 2.45) is 5.92 Å². The van der Waals surface area contributed by atoms with Gasteiger partial charge in [0.2, 0.25) is 5.88 Å². The summed E-state index contributed by atoms with van der Waals surface area (Å²) in [6, 6.07) is 4.15. The minimum absolute atomic E-state index is 0.286. The summed E-state index contributed by atoms with van der Waals surface area (Å²) in [5.74, 6) is 1.16. The third-order valence-corrected chi connectivity index (χ3v) is 3.13. The fourth-order valence-electron chi connectivity index (χ4n) is 2.10. The lowest BCUT2D eigenvalue weighted by Gasteiger charge is -2.25. The van der Waals surface area contributed by atoms with E-state index in [2.05, 4.69) is 36.3 Å². The average molecular weight is 237 g/mol. The number of hydrogen-bond donors (Lipinski definition) is 1. The fourth-order valence-corrected chi connectivity index (χ4v) is 2.10. The summed E-state index contributed by atoms with van der Waals surface area (Å²) in [7, 11) is 1.60. The van der Waals surface area contributed by atoms with Crippen LogP contribution in [0.1, 0.15) is 45.3 Å². The molecule has 0 aliphatic carbocycles. The zero-order valence-corrected chi connectivity index (χ0v) is 11.2. The van der Waals surface area contributed by atoms with Crippen LogP contribution in [0.25, 0.3) is 0 Å². The maximum Gasteiger partial charge on any atom is 0.233 e. The normalized spacial score (nSPS) is 12.8. The zero-order chi connectivity index (χ0) is 12.7. The van der Waals surface area contributed by atoms with E-state index in [9.17, 15) is 0 Å². The van der Waals surface area contributed by atoms with Gasteiger partial charge in [0, 0.05) is 6.07 Å². The van der Waals surface area contributed by atoms with E-state index in [1.807, 2.05) is 12.1 Å². The molecule has 0 aromatic carbocycles. The monoisotopic (exact) mass is 237 g/mol. The van der Waals surface area contributed by atoms with Crippen LogP contribution < -0.4 is 10.1 Å². The first-order valence-electron chi connectivity index (χ1n) is 6.37. The number of nitrogens with zero attached hydrogens (tertiary/aromatic N) is 2. The maximum atomic E-state index is 5.03. The molecular weight excluding hydrogens is 214 g/mol. The third kappa shape index (κ3) is 3.66. The highest BCUT2D eigenvalue weighted by molar-refractivity contribution is 5.14. The van der Waals surface area contributed by atoms with Crippen molar-refractivity contribution in [1.29, 1.82) is 0 Å². The predicted molar refractivity (Wildman–Crippen MR) is 69.1 cm³/mol. The Morgan fingerprint density at radius 1 is 1.18 bits per heavy atom. The number of aromatic nitrogens is 2. The molecule has 4 nitrogen and oxygen atoms in total. The molecule has 0 spiro atoms. The molecule has 0 aliphatic heterocycles. The number of nitrogens with one attached hydrogen (secondary N) is 1. The van der Waals surface area contributed by atoms with Gasteiger partial charge in [-0.1, -0.05) is 33.6 Å². The predicted octanol–water partition coefficient (Wildman–Crippen LogP) is 2.57. The van der Waals surface area contributed by atoms with Crippen molar-refractivity contribution in [3.05, 3.63) is 17.8 Å². The second kappa shape index (κ2) is 7.22. The van der Waals surface area contributed by atoms with E-state index in [0.717, 1.165) is 25.1 Å². The minimum Gasteiger partial charge on any atom is -0.480 e. The first-order valence-corrected chi connectivity index (χ1v) is 6.37. The zero-order valence-electron chi connectivity index (χ0n) is 11.2. The van der Waals surface area contributed by atoms with Gasteiger partial charge in [-0.3, -0.25) is 0 Å². The lowest BCUT2D eigenvalue weighted by Crippen LogP contribution is -2.28. The van der Waals surface area contributed by atoms with Crippen LogP contribution in [0, 0.1) is 5.92 Å². The molecule has 1 heterocycles. The van der Waals surface area contributed by atoms with Crippen molar-refractivity contribution < 1.29 is 4.74 Å². The van der Waals surface area contributed by atoms with E-state index in [4.69, 9.17) is 4.74 Å². The second-order valence-corrected chi connectivity index (χ2v) is 4.11. The van der Waals surface area contributed by atoms with Crippen molar-refractivity contribution in [3.63, 3.8) is 0 Å². The Hall–Kier alpha value is -1.16. The fraction of sp³-hybridized carbons (Fsp3) is 0.692. The van der Waals surface area contributed by atoms with E-state index in [1.165, 1.54) is 0 Å². The molecule has 0 radical (unpaired) electrons. The lowest BCUT2D eigenvalue weighted by atomic mass is 9.91. The van der Waals surface area contributed by atoms with E-state index in [0.29, 0.717) is 11.8 Å². The summed E-state index contributed by atoms with van der Waals surface area (Å²) < 4.78 is 5.03. The summed E-state index contributed by atoms with van der Waals surface area (Å²) >= 11 is 0. The maximum absolute atomic E-state index is 5.03. The second-order valence-electron chi connectivity index (χ2n) is 4.11. The SMILES string of the molecule is CCNC(c1ccc(OC)nn1)C(CC)CC. The quantitative estimate of drug-likeness (QED) is 0.791. The molecule has 17 heavy (non-hydrogen) atoms. The number of methoxy groups -OCH3 is 1. The summed E-state index contributed by atoms with van der Waals surface area (Å²) in [4.78, 5) is 0. The van der Waals surface area contributed by atoms with Gasteiger partial charge in [0.05, 0.1) is 18.8 Å². The van der Waals surface area contributed by atoms with Gasteiger partial charge >= 0.3 is 0 Å². The van der Waals surface area contributed by atoms with Gasteiger partial charge in [0.25, 0.3) is 0 Å². The largest absolute Gasteiger partial charge is 0.480 e. The summed E-state index contributed by atoms with van der Waals surface area (Å²) in [6.45, 7) is 7.49. The summed E-state index contributed by atoms with van der Waals surface area (Å²) in [5, 5.41) is 11.8. The van der Waals surface area contributed by atoms with Crippen molar-refractivity contribution >= 4 is 0 Å². The third-order valence-electron chi connectivity index (χ3n) is 3.13. The van der Waals surface area contributed by atoms with Crippen LogP contribution in [0.4, 0.5) is 0 Å². The molecular formula is C13H23N3O. The minimum atomic E-state index is 0.286. The highest BCUT2D eigenvalue weighted by Crippen LogP contribution is 2.26. The Bertz CT molecular complexity index is 309. The first-order chi connectivity index (χ1) is 8.26. The van der Waals surface area contributed by atoms with Crippen LogP contribution in [0.2, 0.25) is 0 Å². The van der Waals surface area contributed by atoms with Crippen LogP contribution in [-0.2, 0) is 0 Å². The molecule has 0 fully saturated rings. The number of hydrogen-bond acceptors (Lipinski definition) is 4. The van der Waals surface area contributed by atoms with Gasteiger partial charge in [-0.2, -0.15) is 5.10 Å². The summed E-state index contributed by atoms with van der Waals surface area (Å²) in [6.07, 6.45) is 2.28.